The second-order valence-electron chi connectivity index (χ2n) is 4.05. The van der Waals surface area contributed by atoms with Crippen molar-refractivity contribution < 1.29 is 8.42 Å². The molecule has 7 nitrogen and oxygen atoms in total. The molecule has 1 aromatic rings. The maximum Gasteiger partial charge on any atom is 0.259 e. The number of hydrogen-bond donors (Lipinski definition) is 2. The van der Waals surface area contributed by atoms with Crippen LogP contribution in [0.25, 0.3) is 0 Å². The lowest BCUT2D eigenvalue weighted by atomic mass is 10.2. The third-order valence-electron chi connectivity index (χ3n) is 2.68. The lowest BCUT2D eigenvalue weighted by Crippen LogP contribution is -2.39. The van der Waals surface area contributed by atoms with Crippen molar-refractivity contribution in [2.24, 2.45) is 18.7 Å². The van der Waals surface area contributed by atoms with Gasteiger partial charge in [-0.15, -0.1) is 17.5 Å². The summed E-state index contributed by atoms with van der Waals surface area (Å²) in [5.41, 5.74) is 5.81. The first kappa shape index (κ1) is 14.4. The first-order chi connectivity index (χ1) is 7.50. The van der Waals surface area contributed by atoms with Gasteiger partial charge in [0.15, 0.2) is 5.03 Å². The number of hydrogen-bond acceptors (Lipinski definition) is 5. The van der Waals surface area contributed by atoms with Crippen molar-refractivity contribution >= 4 is 22.4 Å². The Kier molecular flexibility index (Phi) is 4.48. The molecule has 1 unspecified atom stereocenters. The molecule has 1 heterocycles. The molecule has 1 aliphatic carbocycles. The van der Waals surface area contributed by atoms with E-state index >= 15 is 0 Å². The number of aromatic nitrogens is 3. The standard InChI is InChI=1S/C8H15N5O2S.ClH/c1-13-8(5-10-12-13)16(14,15)11-4-7(9)6-2-3-6;/h5-7,11H,2-4,9H2,1H3;1H. The third kappa shape index (κ3) is 3.38. The average molecular weight is 282 g/mol. The highest BCUT2D eigenvalue weighted by Gasteiger charge is 2.29. The molecular weight excluding hydrogens is 266 g/mol. The molecule has 0 aromatic carbocycles. The van der Waals surface area contributed by atoms with Crippen molar-refractivity contribution in [2.75, 3.05) is 6.54 Å². The first-order valence-electron chi connectivity index (χ1n) is 5.10. The maximum absolute atomic E-state index is 11.8. The Morgan fingerprint density at radius 1 is 1.65 bits per heavy atom. The Balaban J connectivity index is 0.00000144. The van der Waals surface area contributed by atoms with Crippen LogP contribution in [0.4, 0.5) is 0 Å². The van der Waals surface area contributed by atoms with E-state index in [1.807, 2.05) is 0 Å². The van der Waals surface area contributed by atoms with Gasteiger partial charge in [-0.1, -0.05) is 5.21 Å². The van der Waals surface area contributed by atoms with Crippen LogP contribution in [0.5, 0.6) is 0 Å². The topological polar surface area (TPSA) is 103 Å². The van der Waals surface area contributed by atoms with Gasteiger partial charge in [0.05, 0.1) is 6.20 Å². The molecule has 0 amide bonds. The SMILES string of the molecule is Cl.Cn1nncc1S(=O)(=O)NCC(N)C1CC1. The van der Waals surface area contributed by atoms with Crippen molar-refractivity contribution in [1.29, 1.82) is 0 Å². The smallest absolute Gasteiger partial charge is 0.259 e. The quantitative estimate of drug-likeness (QED) is 0.739. The molecule has 1 fully saturated rings. The molecule has 3 N–H and O–H groups in total. The largest absolute Gasteiger partial charge is 0.326 e. The Hall–Kier alpha value is -0.700. The molecule has 98 valence electrons. The van der Waals surface area contributed by atoms with Crippen molar-refractivity contribution in [2.45, 2.75) is 23.9 Å². The minimum absolute atomic E-state index is 0. The van der Waals surface area contributed by atoms with E-state index in [1.54, 1.807) is 0 Å². The summed E-state index contributed by atoms with van der Waals surface area (Å²) in [5, 5.41) is 7.15. The monoisotopic (exact) mass is 281 g/mol. The normalized spacial score (nSPS) is 17.5. The second-order valence-corrected chi connectivity index (χ2v) is 5.76. The summed E-state index contributed by atoms with van der Waals surface area (Å²) in [6.45, 7) is 0.262. The Labute approximate surface area is 106 Å². The van der Waals surface area contributed by atoms with Crippen LogP contribution in [0.1, 0.15) is 12.8 Å². The Morgan fingerprint density at radius 2 is 2.29 bits per heavy atom. The predicted molar refractivity (Wildman–Crippen MR) is 64.1 cm³/mol. The van der Waals surface area contributed by atoms with Crippen molar-refractivity contribution in [1.82, 2.24) is 19.7 Å². The molecule has 2 rings (SSSR count). The number of sulfonamides is 1. The van der Waals surface area contributed by atoms with Crippen LogP contribution in [-0.2, 0) is 17.1 Å². The molecule has 1 saturated carbocycles. The highest BCUT2D eigenvalue weighted by Crippen LogP contribution is 2.31. The second kappa shape index (κ2) is 5.30. The molecule has 0 aliphatic heterocycles. The van der Waals surface area contributed by atoms with E-state index in [4.69, 9.17) is 5.73 Å². The molecular formula is C8H16ClN5O2S. The third-order valence-corrected chi connectivity index (χ3v) is 4.15. The Bertz CT molecular complexity index is 470. The fourth-order valence-electron chi connectivity index (χ4n) is 1.49. The number of nitrogens with one attached hydrogen (secondary N) is 1. The number of halogens is 1. The highest BCUT2D eigenvalue weighted by atomic mass is 35.5. The average Bonchev–Trinajstić information content (AvgIpc) is 2.98. The fourth-order valence-corrected chi connectivity index (χ4v) is 2.62. The van der Waals surface area contributed by atoms with Crippen LogP contribution in [0.3, 0.4) is 0 Å². The lowest BCUT2D eigenvalue weighted by Gasteiger charge is -2.11. The van der Waals surface area contributed by atoms with Gasteiger partial charge >= 0.3 is 0 Å². The minimum atomic E-state index is -3.54. The summed E-state index contributed by atoms with van der Waals surface area (Å²) in [5.74, 6) is 0.465. The van der Waals surface area contributed by atoms with Gasteiger partial charge in [-0.05, 0) is 18.8 Å². The van der Waals surface area contributed by atoms with E-state index in [9.17, 15) is 8.42 Å². The van der Waals surface area contributed by atoms with E-state index in [0.29, 0.717) is 5.92 Å². The number of rotatable bonds is 5. The molecule has 0 bridgehead atoms. The van der Waals surface area contributed by atoms with E-state index in [1.165, 1.54) is 17.9 Å². The highest BCUT2D eigenvalue weighted by molar-refractivity contribution is 7.89. The summed E-state index contributed by atoms with van der Waals surface area (Å²) in [7, 11) is -2.01. The zero-order chi connectivity index (χ0) is 11.8. The summed E-state index contributed by atoms with van der Waals surface area (Å²) in [4.78, 5) is 0. The van der Waals surface area contributed by atoms with E-state index in [-0.39, 0.29) is 30.0 Å². The van der Waals surface area contributed by atoms with Crippen LogP contribution in [0.2, 0.25) is 0 Å². The van der Waals surface area contributed by atoms with Crippen molar-refractivity contribution in [3.05, 3.63) is 6.20 Å². The molecule has 9 heteroatoms. The summed E-state index contributed by atoms with van der Waals surface area (Å²) in [6.07, 6.45) is 3.40. The molecule has 0 radical (unpaired) electrons. The van der Waals surface area contributed by atoms with E-state index in [0.717, 1.165) is 12.8 Å². The van der Waals surface area contributed by atoms with Gasteiger partial charge in [0.2, 0.25) is 0 Å². The summed E-state index contributed by atoms with van der Waals surface area (Å²) >= 11 is 0. The summed E-state index contributed by atoms with van der Waals surface area (Å²) in [6, 6.07) is -0.101. The van der Waals surface area contributed by atoms with Crippen LogP contribution in [0, 0.1) is 5.92 Å². The molecule has 17 heavy (non-hydrogen) atoms. The molecule has 0 spiro atoms. The van der Waals surface area contributed by atoms with Crippen LogP contribution in [-0.4, -0.2) is 36.0 Å². The van der Waals surface area contributed by atoms with Gasteiger partial charge in [-0.25, -0.2) is 17.8 Å². The van der Waals surface area contributed by atoms with E-state index < -0.39 is 10.0 Å². The van der Waals surface area contributed by atoms with Gasteiger partial charge in [0.1, 0.15) is 0 Å². The van der Waals surface area contributed by atoms with Gasteiger partial charge in [-0.3, -0.25) is 0 Å². The molecule has 1 atom stereocenters. The zero-order valence-electron chi connectivity index (χ0n) is 9.41. The minimum Gasteiger partial charge on any atom is -0.326 e. The van der Waals surface area contributed by atoms with Gasteiger partial charge in [0, 0.05) is 19.6 Å². The van der Waals surface area contributed by atoms with Crippen molar-refractivity contribution in [3.8, 4) is 0 Å². The van der Waals surface area contributed by atoms with Crippen LogP contribution < -0.4 is 10.5 Å². The van der Waals surface area contributed by atoms with Crippen LogP contribution >= 0.6 is 12.4 Å². The lowest BCUT2D eigenvalue weighted by molar-refractivity contribution is 0.536. The van der Waals surface area contributed by atoms with E-state index in [2.05, 4.69) is 15.0 Å². The number of aryl methyl sites for hydroxylation is 1. The van der Waals surface area contributed by atoms with Gasteiger partial charge in [0.25, 0.3) is 10.0 Å². The van der Waals surface area contributed by atoms with Crippen LogP contribution in [0.15, 0.2) is 11.2 Å². The molecule has 0 saturated heterocycles. The zero-order valence-corrected chi connectivity index (χ0v) is 11.0. The fraction of sp³-hybridized carbons (Fsp3) is 0.750. The first-order valence-corrected chi connectivity index (χ1v) is 6.59. The summed E-state index contributed by atoms with van der Waals surface area (Å²) < 4.78 is 27.3. The number of nitrogens with zero attached hydrogens (tertiary/aromatic N) is 3. The van der Waals surface area contributed by atoms with Gasteiger partial charge in [-0.2, -0.15) is 0 Å². The predicted octanol–water partition coefficient (Wildman–Crippen LogP) is -0.747. The molecule has 1 aliphatic rings. The molecule has 1 aromatic heterocycles. The van der Waals surface area contributed by atoms with Gasteiger partial charge < -0.3 is 5.73 Å². The number of nitrogens with two attached hydrogens (primary N) is 1. The van der Waals surface area contributed by atoms with Crippen molar-refractivity contribution in [3.63, 3.8) is 0 Å². The Morgan fingerprint density at radius 3 is 2.76 bits per heavy atom. The maximum atomic E-state index is 11.8.